The second kappa shape index (κ2) is 8.14. The molecule has 0 aliphatic heterocycles. The number of hydrogen-bond donors (Lipinski definition) is 1. The fraction of sp³-hybridized carbons (Fsp3) is 0.0870. The van der Waals surface area contributed by atoms with Gasteiger partial charge in [-0.3, -0.25) is 14.8 Å². The zero-order valence-corrected chi connectivity index (χ0v) is 18.8. The highest BCUT2D eigenvalue weighted by molar-refractivity contribution is 7.18. The molecule has 0 atom stereocenters. The van der Waals surface area contributed by atoms with Gasteiger partial charge in [0.25, 0.3) is 5.91 Å². The summed E-state index contributed by atoms with van der Waals surface area (Å²) in [5, 5.41) is 18.1. The minimum Gasteiger partial charge on any atom is -0.296 e. The molecule has 1 amide bonds. The highest BCUT2D eigenvalue weighted by atomic mass is 35.5. The molecule has 0 saturated carbocycles. The summed E-state index contributed by atoms with van der Waals surface area (Å²) >= 11 is 7.26. The second-order valence-corrected chi connectivity index (χ2v) is 8.62. The van der Waals surface area contributed by atoms with Gasteiger partial charge in [0, 0.05) is 23.2 Å². The van der Waals surface area contributed by atoms with E-state index in [9.17, 15) is 4.79 Å². The van der Waals surface area contributed by atoms with E-state index in [0.717, 1.165) is 16.8 Å². The summed E-state index contributed by atoms with van der Waals surface area (Å²) in [6.45, 7) is 1.87. The molecule has 0 aliphatic carbocycles. The van der Waals surface area contributed by atoms with E-state index in [1.165, 1.54) is 11.3 Å². The average molecular weight is 461 g/mol. The molecule has 2 aromatic carbocycles. The third-order valence-corrected chi connectivity index (χ3v) is 6.16. The first-order valence-electron chi connectivity index (χ1n) is 9.80. The molecule has 1 N–H and O–H groups in total. The van der Waals surface area contributed by atoms with Gasteiger partial charge in [0.05, 0.1) is 22.3 Å². The molecule has 0 saturated heterocycles. The van der Waals surface area contributed by atoms with Crippen molar-refractivity contribution in [2.75, 3.05) is 5.32 Å². The number of carbonyl (C=O) groups is 1. The molecule has 32 heavy (non-hydrogen) atoms. The van der Waals surface area contributed by atoms with Crippen LogP contribution in [0.4, 0.5) is 5.13 Å². The Morgan fingerprint density at radius 2 is 1.78 bits per heavy atom. The van der Waals surface area contributed by atoms with Crippen LogP contribution in [-0.4, -0.2) is 30.9 Å². The number of aryl methyl sites for hydroxylation is 2. The number of halogens is 1. The van der Waals surface area contributed by atoms with Crippen molar-refractivity contribution >= 4 is 45.0 Å². The zero-order valence-electron chi connectivity index (χ0n) is 17.2. The van der Waals surface area contributed by atoms with E-state index in [0.29, 0.717) is 37.5 Å². The molecule has 0 radical (unpaired) electrons. The number of nitrogens with one attached hydrogen (secondary N) is 1. The standard InChI is InChI=1S/C23H17ClN6OS/c1-13-19-17(12-18(14-6-4-3-5-7-14)25-20(19)30(2)29-13)21(31)26-23-28-27-22(32-23)15-8-10-16(24)11-9-15/h3-12H,1-2H3,(H,26,28,31). The highest BCUT2D eigenvalue weighted by Crippen LogP contribution is 2.30. The Hall–Kier alpha value is -3.62. The van der Waals surface area contributed by atoms with E-state index in [4.69, 9.17) is 16.6 Å². The number of fused-ring (bicyclic) bond motifs is 1. The number of pyridine rings is 1. The fourth-order valence-corrected chi connectivity index (χ4v) is 4.40. The van der Waals surface area contributed by atoms with E-state index in [1.54, 1.807) is 22.9 Å². The minimum absolute atomic E-state index is 0.288. The lowest BCUT2D eigenvalue weighted by Gasteiger charge is -2.08. The molecule has 5 rings (SSSR count). The van der Waals surface area contributed by atoms with Gasteiger partial charge in [-0.15, -0.1) is 10.2 Å². The first kappa shape index (κ1) is 20.3. The van der Waals surface area contributed by atoms with Gasteiger partial charge in [0.2, 0.25) is 5.13 Å². The SMILES string of the molecule is Cc1nn(C)c2nc(-c3ccccc3)cc(C(=O)Nc3nnc(-c4ccc(Cl)cc4)s3)c12. The number of rotatable bonds is 4. The van der Waals surface area contributed by atoms with Crippen molar-refractivity contribution in [2.45, 2.75) is 6.92 Å². The third kappa shape index (κ3) is 3.74. The van der Waals surface area contributed by atoms with Crippen molar-refractivity contribution in [3.05, 3.63) is 76.9 Å². The Balaban J connectivity index is 1.53. The van der Waals surface area contributed by atoms with Crippen molar-refractivity contribution in [3.8, 4) is 21.8 Å². The normalized spacial score (nSPS) is 11.1. The summed E-state index contributed by atoms with van der Waals surface area (Å²) in [6.07, 6.45) is 0. The summed E-state index contributed by atoms with van der Waals surface area (Å²) in [6, 6.07) is 18.9. The lowest BCUT2D eigenvalue weighted by Crippen LogP contribution is -2.13. The van der Waals surface area contributed by atoms with Crippen LogP contribution in [0.3, 0.4) is 0 Å². The van der Waals surface area contributed by atoms with E-state index in [-0.39, 0.29) is 5.91 Å². The second-order valence-electron chi connectivity index (χ2n) is 7.20. The minimum atomic E-state index is -0.288. The van der Waals surface area contributed by atoms with Crippen LogP contribution in [0.2, 0.25) is 5.02 Å². The van der Waals surface area contributed by atoms with Crippen LogP contribution in [0.1, 0.15) is 16.1 Å². The van der Waals surface area contributed by atoms with Crippen LogP contribution in [-0.2, 0) is 7.05 Å². The molecule has 0 unspecified atom stereocenters. The van der Waals surface area contributed by atoms with Crippen LogP contribution in [0.25, 0.3) is 32.9 Å². The summed E-state index contributed by atoms with van der Waals surface area (Å²) in [5.41, 5.74) is 4.37. The van der Waals surface area contributed by atoms with Crippen LogP contribution in [0.5, 0.6) is 0 Å². The molecular formula is C23H17ClN6OS. The van der Waals surface area contributed by atoms with E-state index < -0.39 is 0 Å². The molecule has 158 valence electrons. The number of benzene rings is 2. The van der Waals surface area contributed by atoms with Gasteiger partial charge < -0.3 is 0 Å². The van der Waals surface area contributed by atoms with Crippen molar-refractivity contribution in [1.82, 2.24) is 25.0 Å². The number of carbonyl (C=O) groups excluding carboxylic acids is 1. The van der Waals surface area contributed by atoms with Crippen molar-refractivity contribution in [1.29, 1.82) is 0 Å². The smallest absolute Gasteiger partial charge is 0.258 e. The van der Waals surface area contributed by atoms with Crippen molar-refractivity contribution in [3.63, 3.8) is 0 Å². The quantitative estimate of drug-likeness (QED) is 0.389. The maximum absolute atomic E-state index is 13.3. The highest BCUT2D eigenvalue weighted by Gasteiger charge is 2.20. The Bertz CT molecular complexity index is 1440. The molecule has 0 spiro atoms. The van der Waals surface area contributed by atoms with Gasteiger partial charge in [0.15, 0.2) is 5.65 Å². The van der Waals surface area contributed by atoms with E-state index in [2.05, 4.69) is 20.6 Å². The summed E-state index contributed by atoms with van der Waals surface area (Å²) in [7, 11) is 1.82. The predicted molar refractivity (Wildman–Crippen MR) is 127 cm³/mol. The number of anilines is 1. The lowest BCUT2D eigenvalue weighted by molar-refractivity contribution is 0.102. The topological polar surface area (TPSA) is 85.6 Å². The molecule has 7 nitrogen and oxygen atoms in total. The van der Waals surface area contributed by atoms with Gasteiger partial charge in [-0.1, -0.05) is 65.4 Å². The van der Waals surface area contributed by atoms with Crippen molar-refractivity contribution < 1.29 is 4.79 Å². The Labute approximate surface area is 192 Å². The lowest BCUT2D eigenvalue weighted by atomic mass is 10.1. The zero-order chi connectivity index (χ0) is 22.2. The van der Waals surface area contributed by atoms with Crippen LogP contribution in [0, 0.1) is 6.92 Å². The molecule has 3 heterocycles. The summed E-state index contributed by atoms with van der Waals surface area (Å²) < 4.78 is 1.69. The monoisotopic (exact) mass is 460 g/mol. The number of amides is 1. The summed E-state index contributed by atoms with van der Waals surface area (Å²) in [5.74, 6) is -0.288. The molecule has 3 aromatic heterocycles. The number of nitrogens with zero attached hydrogens (tertiary/aromatic N) is 5. The first-order valence-corrected chi connectivity index (χ1v) is 11.0. The van der Waals surface area contributed by atoms with Crippen molar-refractivity contribution in [2.24, 2.45) is 7.05 Å². The van der Waals surface area contributed by atoms with Crippen LogP contribution < -0.4 is 5.32 Å². The van der Waals surface area contributed by atoms with Crippen LogP contribution >= 0.6 is 22.9 Å². The average Bonchev–Trinajstić information content (AvgIpc) is 3.38. The molecule has 0 aliphatic rings. The van der Waals surface area contributed by atoms with Gasteiger partial charge in [-0.05, 0) is 25.1 Å². The predicted octanol–water partition coefficient (Wildman–Crippen LogP) is 5.37. The molecule has 0 bridgehead atoms. The van der Waals surface area contributed by atoms with Gasteiger partial charge in [-0.2, -0.15) is 5.10 Å². The van der Waals surface area contributed by atoms with E-state index in [1.807, 2.05) is 56.4 Å². The van der Waals surface area contributed by atoms with Crippen LogP contribution in [0.15, 0.2) is 60.7 Å². The Morgan fingerprint density at radius 1 is 1.03 bits per heavy atom. The number of hydrogen-bond acceptors (Lipinski definition) is 6. The molecule has 5 aromatic rings. The molecule has 9 heteroatoms. The Morgan fingerprint density at radius 3 is 2.53 bits per heavy atom. The summed E-state index contributed by atoms with van der Waals surface area (Å²) in [4.78, 5) is 18.1. The number of aromatic nitrogens is 5. The van der Waals surface area contributed by atoms with Gasteiger partial charge in [0.1, 0.15) is 5.01 Å². The fourth-order valence-electron chi connectivity index (χ4n) is 3.53. The first-order chi connectivity index (χ1) is 15.5. The Kier molecular flexibility index (Phi) is 5.16. The maximum Gasteiger partial charge on any atom is 0.258 e. The van der Waals surface area contributed by atoms with Gasteiger partial charge >= 0.3 is 0 Å². The maximum atomic E-state index is 13.3. The largest absolute Gasteiger partial charge is 0.296 e. The third-order valence-electron chi connectivity index (χ3n) is 5.02. The molecular weight excluding hydrogens is 444 g/mol. The van der Waals surface area contributed by atoms with E-state index >= 15 is 0 Å². The van der Waals surface area contributed by atoms with Gasteiger partial charge in [-0.25, -0.2) is 4.98 Å². The molecule has 0 fully saturated rings.